The topological polar surface area (TPSA) is 63.4 Å². The molecule has 2 aliphatic heterocycles. The Balaban J connectivity index is 1.55. The number of halogens is 1. The standard InChI is InChI=1S/C21H21FN2O2/c22-17-6-4-13(5-7-17)16-11-18-8-9-19(12-16)24(18)21(26)15-3-1-2-14(10-15)20(23)25/h1-7,10,16,18-19H,8-9,11-12H2,(H2,23,25). The van der Waals surface area contributed by atoms with Crippen molar-refractivity contribution in [2.45, 2.75) is 43.7 Å². The van der Waals surface area contributed by atoms with E-state index in [1.807, 2.05) is 17.0 Å². The van der Waals surface area contributed by atoms with Crippen molar-refractivity contribution >= 4 is 11.8 Å². The number of fused-ring (bicyclic) bond motifs is 2. The lowest BCUT2D eigenvalue weighted by atomic mass is 9.84. The van der Waals surface area contributed by atoms with E-state index in [-0.39, 0.29) is 23.8 Å². The Morgan fingerprint density at radius 1 is 0.962 bits per heavy atom. The van der Waals surface area contributed by atoms with E-state index in [0.717, 1.165) is 31.2 Å². The molecule has 2 saturated heterocycles. The van der Waals surface area contributed by atoms with Gasteiger partial charge in [0.25, 0.3) is 5.91 Å². The average Bonchev–Trinajstić information content (AvgIpc) is 2.91. The number of carbonyl (C=O) groups excluding carboxylic acids is 2. The molecule has 2 aromatic carbocycles. The summed E-state index contributed by atoms with van der Waals surface area (Å²) >= 11 is 0. The number of hydrogen-bond acceptors (Lipinski definition) is 2. The molecule has 2 aliphatic rings. The van der Waals surface area contributed by atoms with Gasteiger partial charge in [-0.3, -0.25) is 9.59 Å². The van der Waals surface area contributed by atoms with Gasteiger partial charge >= 0.3 is 0 Å². The Bertz CT molecular complexity index is 835. The van der Waals surface area contributed by atoms with Gasteiger partial charge in [0.05, 0.1) is 0 Å². The third kappa shape index (κ3) is 2.98. The third-order valence-corrected chi connectivity index (χ3v) is 5.70. The molecule has 2 bridgehead atoms. The smallest absolute Gasteiger partial charge is 0.254 e. The van der Waals surface area contributed by atoms with Crippen molar-refractivity contribution in [2.24, 2.45) is 5.73 Å². The number of nitrogens with two attached hydrogens (primary N) is 1. The first kappa shape index (κ1) is 16.8. The molecule has 2 unspecified atom stereocenters. The predicted octanol–water partition coefficient (Wildman–Crippen LogP) is 3.48. The molecule has 5 heteroatoms. The molecule has 0 aliphatic carbocycles. The number of piperidine rings is 1. The van der Waals surface area contributed by atoms with Crippen LogP contribution in [0.3, 0.4) is 0 Å². The molecule has 0 aromatic heterocycles. The summed E-state index contributed by atoms with van der Waals surface area (Å²) in [5.41, 5.74) is 7.34. The lowest BCUT2D eigenvalue weighted by molar-refractivity contribution is 0.0571. The Kier molecular flexibility index (Phi) is 4.23. The molecule has 2 aromatic rings. The largest absolute Gasteiger partial charge is 0.366 e. The van der Waals surface area contributed by atoms with Crippen LogP contribution in [0.15, 0.2) is 48.5 Å². The number of nitrogens with zero attached hydrogens (tertiary/aromatic N) is 1. The van der Waals surface area contributed by atoms with E-state index in [9.17, 15) is 14.0 Å². The van der Waals surface area contributed by atoms with Gasteiger partial charge in [-0.1, -0.05) is 18.2 Å². The number of rotatable bonds is 3. The van der Waals surface area contributed by atoms with Gasteiger partial charge in [-0.15, -0.1) is 0 Å². The van der Waals surface area contributed by atoms with Crippen molar-refractivity contribution in [3.63, 3.8) is 0 Å². The van der Waals surface area contributed by atoms with Gasteiger partial charge in [-0.05, 0) is 67.5 Å². The molecule has 2 fully saturated rings. The first-order chi connectivity index (χ1) is 12.5. The molecule has 0 saturated carbocycles. The highest BCUT2D eigenvalue weighted by Crippen LogP contribution is 2.43. The summed E-state index contributed by atoms with van der Waals surface area (Å²) in [5, 5.41) is 0. The number of benzene rings is 2. The Morgan fingerprint density at radius 3 is 2.19 bits per heavy atom. The van der Waals surface area contributed by atoms with E-state index in [0.29, 0.717) is 17.0 Å². The maximum atomic E-state index is 13.2. The molecular weight excluding hydrogens is 331 g/mol. The Morgan fingerprint density at radius 2 is 1.58 bits per heavy atom. The van der Waals surface area contributed by atoms with Crippen LogP contribution in [0.25, 0.3) is 0 Å². The van der Waals surface area contributed by atoms with E-state index in [4.69, 9.17) is 5.73 Å². The molecule has 4 nitrogen and oxygen atoms in total. The van der Waals surface area contributed by atoms with Crippen LogP contribution in [0.5, 0.6) is 0 Å². The molecule has 2 atom stereocenters. The third-order valence-electron chi connectivity index (χ3n) is 5.70. The minimum atomic E-state index is -0.530. The monoisotopic (exact) mass is 352 g/mol. The minimum absolute atomic E-state index is 0.0295. The zero-order valence-electron chi connectivity index (χ0n) is 14.4. The highest BCUT2D eigenvalue weighted by Gasteiger charge is 2.43. The van der Waals surface area contributed by atoms with Crippen molar-refractivity contribution in [1.82, 2.24) is 4.90 Å². The molecule has 4 rings (SSSR count). The summed E-state index contributed by atoms with van der Waals surface area (Å²) in [7, 11) is 0. The van der Waals surface area contributed by atoms with Gasteiger partial charge in [0.2, 0.25) is 5.91 Å². The first-order valence-electron chi connectivity index (χ1n) is 9.01. The summed E-state index contributed by atoms with van der Waals surface area (Å²) < 4.78 is 13.2. The van der Waals surface area contributed by atoms with E-state index >= 15 is 0 Å². The summed E-state index contributed by atoms with van der Waals surface area (Å²) in [6.45, 7) is 0. The highest BCUT2D eigenvalue weighted by atomic mass is 19.1. The normalized spacial score (nSPS) is 24.5. The summed E-state index contributed by atoms with van der Waals surface area (Å²) in [5.74, 6) is -0.427. The Labute approximate surface area is 151 Å². The van der Waals surface area contributed by atoms with E-state index in [1.165, 1.54) is 12.1 Å². The fourth-order valence-electron chi connectivity index (χ4n) is 4.47. The van der Waals surface area contributed by atoms with Gasteiger partial charge in [0, 0.05) is 23.2 Å². The molecule has 0 spiro atoms. The predicted molar refractivity (Wildman–Crippen MR) is 96.3 cm³/mol. The zero-order valence-corrected chi connectivity index (χ0v) is 14.4. The second-order valence-corrected chi connectivity index (χ2v) is 7.26. The van der Waals surface area contributed by atoms with Crippen molar-refractivity contribution in [1.29, 1.82) is 0 Å². The van der Waals surface area contributed by atoms with Crippen molar-refractivity contribution in [3.05, 3.63) is 71.0 Å². The van der Waals surface area contributed by atoms with Crippen LogP contribution in [-0.4, -0.2) is 28.8 Å². The molecule has 2 amide bonds. The van der Waals surface area contributed by atoms with Crippen LogP contribution in [0.4, 0.5) is 4.39 Å². The number of carbonyl (C=O) groups is 2. The van der Waals surface area contributed by atoms with Gasteiger partial charge in [-0.25, -0.2) is 4.39 Å². The van der Waals surface area contributed by atoms with Crippen molar-refractivity contribution in [2.75, 3.05) is 0 Å². The fourth-order valence-corrected chi connectivity index (χ4v) is 4.47. The van der Waals surface area contributed by atoms with Crippen molar-refractivity contribution < 1.29 is 14.0 Å². The van der Waals surface area contributed by atoms with E-state index in [2.05, 4.69) is 0 Å². The van der Waals surface area contributed by atoms with E-state index in [1.54, 1.807) is 24.3 Å². The first-order valence-corrected chi connectivity index (χ1v) is 9.01. The van der Waals surface area contributed by atoms with Crippen molar-refractivity contribution in [3.8, 4) is 0 Å². The van der Waals surface area contributed by atoms with Gasteiger partial charge < -0.3 is 10.6 Å². The van der Waals surface area contributed by atoms with Gasteiger partial charge in [0.15, 0.2) is 0 Å². The van der Waals surface area contributed by atoms with E-state index < -0.39 is 5.91 Å². The van der Waals surface area contributed by atoms with Crippen LogP contribution >= 0.6 is 0 Å². The van der Waals surface area contributed by atoms with Crippen LogP contribution in [0.2, 0.25) is 0 Å². The summed E-state index contributed by atoms with van der Waals surface area (Å²) in [6, 6.07) is 13.7. The highest BCUT2D eigenvalue weighted by molar-refractivity contribution is 5.99. The zero-order chi connectivity index (χ0) is 18.3. The van der Waals surface area contributed by atoms with Crippen LogP contribution < -0.4 is 5.73 Å². The SMILES string of the molecule is NC(=O)c1cccc(C(=O)N2C3CCC2CC(c2ccc(F)cc2)C3)c1. The average molecular weight is 352 g/mol. The molecule has 0 radical (unpaired) electrons. The lowest BCUT2D eigenvalue weighted by Crippen LogP contribution is -2.46. The maximum absolute atomic E-state index is 13.2. The quantitative estimate of drug-likeness (QED) is 0.919. The molecule has 26 heavy (non-hydrogen) atoms. The fraction of sp³-hybridized carbons (Fsp3) is 0.333. The van der Waals surface area contributed by atoms with Crippen LogP contribution in [0.1, 0.15) is 57.9 Å². The molecule has 2 N–H and O–H groups in total. The number of amides is 2. The lowest BCUT2D eigenvalue weighted by Gasteiger charge is -2.39. The van der Waals surface area contributed by atoms with Crippen LogP contribution in [-0.2, 0) is 0 Å². The maximum Gasteiger partial charge on any atom is 0.254 e. The number of hydrogen-bond donors (Lipinski definition) is 1. The Hall–Kier alpha value is -2.69. The van der Waals surface area contributed by atoms with Gasteiger partial charge in [-0.2, -0.15) is 0 Å². The molecule has 134 valence electrons. The second kappa shape index (κ2) is 6.56. The number of primary amides is 1. The summed E-state index contributed by atoms with van der Waals surface area (Å²) in [4.78, 5) is 26.4. The minimum Gasteiger partial charge on any atom is -0.366 e. The van der Waals surface area contributed by atoms with Crippen LogP contribution in [0, 0.1) is 5.82 Å². The molecule has 2 heterocycles. The van der Waals surface area contributed by atoms with Gasteiger partial charge in [0.1, 0.15) is 5.82 Å². The second-order valence-electron chi connectivity index (χ2n) is 7.26. The molecular formula is C21H21FN2O2. The summed E-state index contributed by atoms with van der Waals surface area (Å²) in [6.07, 6.45) is 3.76.